The molecular weight excluding hydrogens is 322 g/mol. The van der Waals surface area contributed by atoms with Crippen LogP contribution >= 0.6 is 11.6 Å². The van der Waals surface area contributed by atoms with E-state index in [2.05, 4.69) is 21.9 Å². The molecule has 0 unspecified atom stereocenters. The molecule has 0 radical (unpaired) electrons. The Morgan fingerprint density at radius 3 is 2.92 bits per heavy atom. The number of allylic oxidation sites excluding steroid dienone is 1. The summed E-state index contributed by atoms with van der Waals surface area (Å²) in [7, 11) is 0. The van der Waals surface area contributed by atoms with Crippen molar-refractivity contribution >= 4 is 35.1 Å². The maximum atomic E-state index is 6.18. The van der Waals surface area contributed by atoms with Gasteiger partial charge in [-0.2, -0.15) is 0 Å². The van der Waals surface area contributed by atoms with Gasteiger partial charge in [-0.25, -0.2) is 9.98 Å². The molecule has 1 fully saturated rings. The zero-order valence-electron chi connectivity index (χ0n) is 13.6. The molecule has 4 N–H and O–H groups in total. The van der Waals surface area contributed by atoms with Crippen molar-refractivity contribution in [1.82, 2.24) is 9.97 Å². The van der Waals surface area contributed by atoms with Gasteiger partial charge in [-0.05, 0) is 25.0 Å². The second kappa shape index (κ2) is 7.53. The van der Waals surface area contributed by atoms with E-state index in [0.717, 1.165) is 17.1 Å². The van der Waals surface area contributed by atoms with Gasteiger partial charge in [0, 0.05) is 24.0 Å². The van der Waals surface area contributed by atoms with E-state index in [1.807, 2.05) is 24.4 Å². The largest absolute Gasteiger partial charge is 0.395 e. The summed E-state index contributed by atoms with van der Waals surface area (Å²) < 4.78 is 0. The summed E-state index contributed by atoms with van der Waals surface area (Å²) in [6.07, 6.45) is 9.60. The maximum absolute atomic E-state index is 6.18. The fourth-order valence-corrected chi connectivity index (χ4v) is 3.05. The van der Waals surface area contributed by atoms with E-state index in [9.17, 15) is 0 Å². The molecule has 0 atom stereocenters. The highest BCUT2D eigenvalue weighted by molar-refractivity contribution is 6.39. The Kier molecular flexibility index (Phi) is 5.20. The third-order valence-corrected chi connectivity index (χ3v) is 4.31. The van der Waals surface area contributed by atoms with Crippen LogP contribution in [0.15, 0.2) is 41.0 Å². The highest BCUT2D eigenvalue weighted by Gasteiger charge is 2.15. The van der Waals surface area contributed by atoms with Crippen molar-refractivity contribution in [2.45, 2.75) is 38.1 Å². The Morgan fingerprint density at radius 2 is 2.17 bits per heavy atom. The first-order chi connectivity index (χ1) is 11.6. The number of anilines is 2. The molecule has 126 valence electrons. The van der Waals surface area contributed by atoms with Crippen molar-refractivity contribution in [3.8, 4) is 11.3 Å². The van der Waals surface area contributed by atoms with Gasteiger partial charge in [-0.1, -0.05) is 43.5 Å². The Balaban J connectivity index is 1.79. The Morgan fingerprint density at radius 1 is 1.38 bits per heavy atom. The number of aromatic nitrogens is 2. The molecule has 0 bridgehead atoms. The van der Waals surface area contributed by atoms with Gasteiger partial charge in [0.15, 0.2) is 5.82 Å². The number of nitrogens with one attached hydrogen (secondary N) is 2. The van der Waals surface area contributed by atoms with Crippen LogP contribution in [0.2, 0.25) is 0 Å². The van der Waals surface area contributed by atoms with Crippen LogP contribution in [0.5, 0.6) is 0 Å². The van der Waals surface area contributed by atoms with Gasteiger partial charge in [0.2, 0.25) is 0 Å². The predicted molar refractivity (Wildman–Crippen MR) is 102 cm³/mol. The number of aromatic amines is 1. The van der Waals surface area contributed by atoms with Gasteiger partial charge in [0.25, 0.3) is 0 Å². The van der Waals surface area contributed by atoms with Crippen LogP contribution in [0.3, 0.4) is 0 Å². The Hall–Kier alpha value is -2.27. The number of halogens is 1. The maximum Gasteiger partial charge on any atom is 0.153 e. The molecule has 1 saturated carbocycles. The molecule has 0 amide bonds. The molecule has 1 aliphatic rings. The number of hydrogen-bond donors (Lipinski definition) is 3. The number of nitrogen functional groups attached to an aromatic ring is 1. The zero-order valence-corrected chi connectivity index (χ0v) is 14.3. The van der Waals surface area contributed by atoms with Gasteiger partial charge in [-0.15, -0.1) is 0 Å². The van der Waals surface area contributed by atoms with E-state index >= 15 is 0 Å². The number of nitrogens with two attached hydrogens (primary N) is 1. The van der Waals surface area contributed by atoms with E-state index < -0.39 is 0 Å². The van der Waals surface area contributed by atoms with Gasteiger partial charge < -0.3 is 16.0 Å². The van der Waals surface area contributed by atoms with E-state index in [-0.39, 0.29) is 0 Å². The van der Waals surface area contributed by atoms with Gasteiger partial charge in [0.05, 0.1) is 16.4 Å². The number of hydrogen-bond acceptors (Lipinski definition) is 4. The summed E-state index contributed by atoms with van der Waals surface area (Å²) >= 11 is 5.70. The Bertz CT molecular complexity index is 744. The number of aliphatic imine (C=N–C) groups is 1. The average Bonchev–Trinajstić information content (AvgIpc) is 2.95. The minimum Gasteiger partial charge on any atom is -0.395 e. The highest BCUT2D eigenvalue weighted by atomic mass is 35.5. The van der Waals surface area contributed by atoms with E-state index in [0.29, 0.717) is 22.6 Å². The third kappa shape index (κ3) is 3.97. The molecule has 2 aromatic rings. The van der Waals surface area contributed by atoms with Gasteiger partial charge in [0.1, 0.15) is 5.82 Å². The lowest BCUT2D eigenvalue weighted by Gasteiger charge is -2.23. The fraction of sp³-hybridized carbons (Fsp3) is 0.333. The van der Waals surface area contributed by atoms with Crippen LogP contribution < -0.4 is 11.1 Å². The molecule has 0 saturated heterocycles. The van der Waals surface area contributed by atoms with Crippen LogP contribution in [-0.4, -0.2) is 22.2 Å². The standard InChI is InChI=1S/C18H22ClN5/c1-12(19)10-21-18-17(20)14(11-22-18)15-8-5-9-16(24-15)23-13-6-3-2-4-7-13/h5,8-11,13,22H,1-4,6-7,20H2,(H,23,24). The molecule has 5 nitrogen and oxygen atoms in total. The second-order valence-corrected chi connectivity index (χ2v) is 6.54. The Labute approximate surface area is 147 Å². The average molecular weight is 344 g/mol. The fourth-order valence-electron chi connectivity index (χ4n) is 3.00. The van der Waals surface area contributed by atoms with Crippen molar-refractivity contribution in [3.63, 3.8) is 0 Å². The molecule has 3 rings (SSSR count). The summed E-state index contributed by atoms with van der Waals surface area (Å²) in [5.41, 5.74) is 8.37. The molecule has 2 aromatic heterocycles. The van der Waals surface area contributed by atoms with Crippen molar-refractivity contribution < 1.29 is 0 Å². The summed E-state index contributed by atoms with van der Waals surface area (Å²) in [5, 5.41) is 3.89. The zero-order chi connectivity index (χ0) is 16.9. The second-order valence-electron chi connectivity index (χ2n) is 6.06. The lowest BCUT2D eigenvalue weighted by Crippen LogP contribution is -2.22. The van der Waals surface area contributed by atoms with Crippen LogP contribution in [-0.2, 0) is 0 Å². The monoisotopic (exact) mass is 343 g/mol. The third-order valence-electron chi connectivity index (χ3n) is 4.21. The van der Waals surface area contributed by atoms with Gasteiger partial charge in [-0.3, -0.25) is 0 Å². The van der Waals surface area contributed by atoms with E-state index in [4.69, 9.17) is 22.3 Å². The van der Waals surface area contributed by atoms with Crippen LogP contribution in [0.25, 0.3) is 11.3 Å². The first-order valence-corrected chi connectivity index (χ1v) is 8.60. The van der Waals surface area contributed by atoms with E-state index in [1.54, 1.807) is 0 Å². The van der Waals surface area contributed by atoms with Crippen LogP contribution in [0, 0.1) is 0 Å². The number of nitrogens with zero attached hydrogens (tertiary/aromatic N) is 2. The summed E-state index contributed by atoms with van der Waals surface area (Å²) in [5.74, 6) is 1.44. The predicted octanol–water partition coefficient (Wildman–Crippen LogP) is 4.86. The normalized spacial score (nSPS) is 15.7. The SMILES string of the molecule is C=C(Cl)C=Nc1[nH]cc(-c2cccc(NC3CCCCC3)n2)c1N. The summed E-state index contributed by atoms with van der Waals surface area (Å²) in [6.45, 7) is 3.57. The first kappa shape index (κ1) is 16.6. The first-order valence-electron chi connectivity index (χ1n) is 8.23. The minimum absolute atomic E-state index is 0.349. The number of rotatable bonds is 5. The highest BCUT2D eigenvalue weighted by Crippen LogP contribution is 2.33. The number of H-pyrrole nitrogens is 1. The lowest BCUT2D eigenvalue weighted by molar-refractivity contribution is 0.462. The van der Waals surface area contributed by atoms with E-state index in [1.165, 1.54) is 38.3 Å². The van der Waals surface area contributed by atoms with Crippen molar-refractivity contribution in [1.29, 1.82) is 0 Å². The number of pyridine rings is 1. The van der Waals surface area contributed by atoms with Crippen LogP contribution in [0.1, 0.15) is 32.1 Å². The topological polar surface area (TPSA) is 79.1 Å². The summed E-state index contributed by atoms with van der Waals surface area (Å²) in [4.78, 5) is 11.9. The molecule has 0 aromatic carbocycles. The molecular formula is C18H22ClN5. The van der Waals surface area contributed by atoms with Crippen LogP contribution in [0.4, 0.5) is 17.3 Å². The molecule has 0 spiro atoms. The molecule has 2 heterocycles. The van der Waals surface area contributed by atoms with Crippen molar-refractivity contribution in [2.24, 2.45) is 4.99 Å². The lowest BCUT2D eigenvalue weighted by atomic mass is 9.95. The van der Waals surface area contributed by atoms with Crippen molar-refractivity contribution in [3.05, 3.63) is 36.0 Å². The van der Waals surface area contributed by atoms with Gasteiger partial charge >= 0.3 is 0 Å². The molecule has 24 heavy (non-hydrogen) atoms. The molecule has 6 heteroatoms. The minimum atomic E-state index is 0.349. The van der Waals surface area contributed by atoms with Crippen molar-refractivity contribution in [2.75, 3.05) is 11.1 Å². The quantitative estimate of drug-likeness (QED) is 0.678. The molecule has 0 aliphatic heterocycles. The summed E-state index contributed by atoms with van der Waals surface area (Å²) in [6, 6.07) is 6.44. The molecule has 1 aliphatic carbocycles. The smallest absolute Gasteiger partial charge is 0.153 e.